The number of benzene rings is 3. The fraction of sp³-hybridized carbons (Fsp3) is 0.231. The Kier molecular flexibility index (Phi) is 6.22. The molecule has 0 bridgehead atoms. The SMILES string of the molecule is CCC(=O)N1c2ccccc2[C@H](N(C(=O)c2ccccc2)c2ccc([N+](=O)[O-])cc2)C[C@@H]1C. The summed E-state index contributed by atoms with van der Waals surface area (Å²) in [5.74, 6) is -0.170. The maximum atomic E-state index is 13.8. The topological polar surface area (TPSA) is 83.8 Å². The van der Waals surface area contributed by atoms with Crippen molar-refractivity contribution in [2.75, 3.05) is 9.80 Å². The molecule has 0 N–H and O–H groups in total. The first kappa shape index (κ1) is 22.2. The van der Waals surface area contributed by atoms with Gasteiger partial charge in [-0.2, -0.15) is 0 Å². The number of amides is 2. The molecular weight excluding hydrogens is 418 g/mol. The zero-order chi connectivity index (χ0) is 23.5. The number of anilines is 2. The summed E-state index contributed by atoms with van der Waals surface area (Å²) in [7, 11) is 0. The molecule has 1 aliphatic heterocycles. The first-order chi connectivity index (χ1) is 15.9. The summed E-state index contributed by atoms with van der Waals surface area (Å²) in [6.07, 6.45) is 0.927. The van der Waals surface area contributed by atoms with E-state index in [9.17, 15) is 19.7 Å². The third kappa shape index (κ3) is 4.22. The molecule has 4 rings (SSSR count). The zero-order valence-corrected chi connectivity index (χ0v) is 18.5. The highest BCUT2D eigenvalue weighted by molar-refractivity contribution is 6.07. The van der Waals surface area contributed by atoms with Gasteiger partial charge in [0.15, 0.2) is 0 Å². The Labute approximate surface area is 192 Å². The van der Waals surface area contributed by atoms with Crippen LogP contribution in [0, 0.1) is 10.1 Å². The van der Waals surface area contributed by atoms with Crippen LogP contribution in [0.25, 0.3) is 0 Å². The van der Waals surface area contributed by atoms with Crippen molar-refractivity contribution in [3.63, 3.8) is 0 Å². The molecule has 0 unspecified atom stereocenters. The summed E-state index contributed by atoms with van der Waals surface area (Å²) >= 11 is 0. The third-order valence-corrected chi connectivity index (χ3v) is 6.02. The maximum absolute atomic E-state index is 13.8. The number of nitro groups is 1. The molecule has 1 heterocycles. The van der Waals surface area contributed by atoms with Gasteiger partial charge in [-0.3, -0.25) is 19.7 Å². The van der Waals surface area contributed by atoms with Gasteiger partial charge in [0.1, 0.15) is 0 Å². The molecule has 3 aromatic carbocycles. The second kappa shape index (κ2) is 9.24. The predicted octanol–water partition coefficient (Wildman–Crippen LogP) is 5.52. The molecule has 0 radical (unpaired) electrons. The molecule has 0 aliphatic carbocycles. The largest absolute Gasteiger partial charge is 0.309 e. The molecule has 7 heteroatoms. The standard InChI is InChI=1S/C26H25N3O4/c1-3-25(30)27-18(2)17-24(22-11-7-8-12-23(22)27)28(26(31)19-9-5-4-6-10-19)20-13-15-21(16-14-20)29(32)33/h4-16,18,24H,3,17H2,1-2H3/t18-,24+/m0/s1. The quantitative estimate of drug-likeness (QED) is 0.384. The number of para-hydroxylation sites is 1. The van der Waals surface area contributed by atoms with Gasteiger partial charge in [-0.15, -0.1) is 0 Å². The fourth-order valence-corrected chi connectivity index (χ4v) is 4.47. The average Bonchev–Trinajstić information content (AvgIpc) is 2.84. The van der Waals surface area contributed by atoms with E-state index in [4.69, 9.17) is 0 Å². The minimum Gasteiger partial charge on any atom is -0.309 e. The van der Waals surface area contributed by atoms with E-state index in [1.165, 1.54) is 12.1 Å². The minimum atomic E-state index is -0.459. The molecule has 3 aromatic rings. The molecule has 2 amide bonds. The van der Waals surface area contributed by atoms with Gasteiger partial charge in [0.05, 0.1) is 11.0 Å². The van der Waals surface area contributed by atoms with Crippen LogP contribution in [-0.2, 0) is 4.79 Å². The van der Waals surface area contributed by atoms with E-state index < -0.39 is 4.92 Å². The molecule has 0 saturated heterocycles. The van der Waals surface area contributed by atoms with Crippen LogP contribution in [0.2, 0.25) is 0 Å². The number of nitro benzene ring substituents is 1. The predicted molar refractivity (Wildman–Crippen MR) is 127 cm³/mol. The molecule has 168 valence electrons. The van der Waals surface area contributed by atoms with E-state index in [-0.39, 0.29) is 29.6 Å². The first-order valence-electron chi connectivity index (χ1n) is 11.0. The van der Waals surface area contributed by atoms with Crippen LogP contribution in [0.4, 0.5) is 17.1 Å². The van der Waals surface area contributed by atoms with E-state index in [0.717, 1.165) is 11.3 Å². The molecule has 0 saturated carbocycles. The van der Waals surface area contributed by atoms with Crippen molar-refractivity contribution in [3.8, 4) is 0 Å². The highest BCUT2D eigenvalue weighted by Crippen LogP contribution is 2.43. The summed E-state index contributed by atoms with van der Waals surface area (Å²) in [5, 5.41) is 11.2. The number of fused-ring (bicyclic) bond motifs is 1. The van der Waals surface area contributed by atoms with E-state index in [2.05, 4.69) is 0 Å². The number of nitrogens with zero attached hydrogens (tertiary/aromatic N) is 3. The van der Waals surface area contributed by atoms with Crippen LogP contribution in [-0.4, -0.2) is 22.8 Å². The zero-order valence-electron chi connectivity index (χ0n) is 18.5. The van der Waals surface area contributed by atoms with Crippen LogP contribution >= 0.6 is 0 Å². The summed E-state index contributed by atoms with van der Waals surface area (Å²) in [4.78, 5) is 40.7. The Morgan fingerprint density at radius 3 is 2.27 bits per heavy atom. The summed E-state index contributed by atoms with van der Waals surface area (Å²) < 4.78 is 0. The lowest BCUT2D eigenvalue weighted by Gasteiger charge is -2.43. The molecular formula is C26H25N3O4. The van der Waals surface area contributed by atoms with Gasteiger partial charge in [-0.05, 0) is 49.2 Å². The normalized spacial score (nSPS) is 17.2. The lowest BCUT2D eigenvalue weighted by Crippen LogP contribution is -2.47. The molecule has 7 nitrogen and oxygen atoms in total. The number of hydrogen-bond acceptors (Lipinski definition) is 4. The van der Waals surface area contributed by atoms with Crippen molar-refractivity contribution >= 4 is 28.9 Å². The minimum absolute atomic E-state index is 0.0321. The molecule has 2 atom stereocenters. The summed E-state index contributed by atoms with van der Waals surface area (Å²) in [6, 6.07) is 22.2. The average molecular weight is 444 g/mol. The van der Waals surface area contributed by atoms with Crippen molar-refractivity contribution in [2.24, 2.45) is 0 Å². The molecule has 0 spiro atoms. The van der Waals surface area contributed by atoms with E-state index in [0.29, 0.717) is 24.1 Å². The van der Waals surface area contributed by atoms with Gasteiger partial charge < -0.3 is 9.80 Å². The molecule has 1 aliphatic rings. The highest BCUT2D eigenvalue weighted by Gasteiger charge is 2.38. The van der Waals surface area contributed by atoms with Gasteiger partial charge in [-0.25, -0.2) is 0 Å². The smallest absolute Gasteiger partial charge is 0.269 e. The number of hydrogen-bond donors (Lipinski definition) is 0. The van der Waals surface area contributed by atoms with Crippen LogP contribution in [0.15, 0.2) is 78.9 Å². The molecule has 33 heavy (non-hydrogen) atoms. The van der Waals surface area contributed by atoms with E-state index in [1.54, 1.807) is 41.3 Å². The van der Waals surface area contributed by atoms with Crippen molar-refractivity contribution < 1.29 is 14.5 Å². The van der Waals surface area contributed by atoms with E-state index >= 15 is 0 Å². The van der Waals surface area contributed by atoms with Crippen LogP contribution in [0.5, 0.6) is 0 Å². The van der Waals surface area contributed by atoms with Gasteiger partial charge >= 0.3 is 0 Å². The van der Waals surface area contributed by atoms with E-state index in [1.807, 2.05) is 49.1 Å². The first-order valence-corrected chi connectivity index (χ1v) is 11.0. The van der Waals surface area contributed by atoms with Crippen LogP contribution < -0.4 is 9.80 Å². The van der Waals surface area contributed by atoms with Gasteiger partial charge in [0, 0.05) is 41.5 Å². The Morgan fingerprint density at radius 2 is 1.64 bits per heavy atom. The van der Waals surface area contributed by atoms with Crippen LogP contribution in [0.1, 0.15) is 48.7 Å². The lowest BCUT2D eigenvalue weighted by molar-refractivity contribution is -0.384. The molecule has 0 aromatic heterocycles. The number of rotatable bonds is 5. The fourth-order valence-electron chi connectivity index (χ4n) is 4.47. The van der Waals surface area contributed by atoms with Gasteiger partial charge in [0.2, 0.25) is 5.91 Å². The van der Waals surface area contributed by atoms with Crippen molar-refractivity contribution in [1.29, 1.82) is 0 Å². The van der Waals surface area contributed by atoms with Crippen molar-refractivity contribution in [3.05, 3.63) is 100 Å². The highest BCUT2D eigenvalue weighted by atomic mass is 16.6. The maximum Gasteiger partial charge on any atom is 0.269 e. The van der Waals surface area contributed by atoms with Crippen molar-refractivity contribution in [2.45, 2.75) is 38.8 Å². The second-order valence-corrected chi connectivity index (χ2v) is 8.09. The monoisotopic (exact) mass is 443 g/mol. The Bertz CT molecular complexity index is 1180. The third-order valence-electron chi connectivity index (χ3n) is 6.02. The summed E-state index contributed by atoms with van der Waals surface area (Å²) in [6.45, 7) is 3.82. The number of carbonyl (C=O) groups is 2. The number of non-ortho nitro benzene ring substituents is 1. The van der Waals surface area contributed by atoms with Crippen LogP contribution in [0.3, 0.4) is 0 Å². The number of carbonyl (C=O) groups excluding carboxylic acids is 2. The van der Waals surface area contributed by atoms with Gasteiger partial charge in [-0.1, -0.05) is 43.3 Å². The Balaban J connectivity index is 1.85. The lowest BCUT2D eigenvalue weighted by atomic mass is 9.89. The Hall–Kier alpha value is -4.00. The summed E-state index contributed by atoms with van der Waals surface area (Å²) in [5.41, 5.74) is 2.72. The van der Waals surface area contributed by atoms with Gasteiger partial charge in [0.25, 0.3) is 11.6 Å². The molecule has 0 fully saturated rings. The Morgan fingerprint density at radius 1 is 1.00 bits per heavy atom. The van der Waals surface area contributed by atoms with Crippen molar-refractivity contribution in [1.82, 2.24) is 0 Å². The second-order valence-electron chi connectivity index (χ2n) is 8.09.